The van der Waals surface area contributed by atoms with Gasteiger partial charge in [0, 0.05) is 24.8 Å². The van der Waals surface area contributed by atoms with E-state index >= 15 is 0 Å². The van der Waals surface area contributed by atoms with Crippen molar-refractivity contribution in [3.05, 3.63) is 76.4 Å². The summed E-state index contributed by atoms with van der Waals surface area (Å²) in [5, 5.41) is 17.7. The second-order valence-electron chi connectivity index (χ2n) is 7.06. The summed E-state index contributed by atoms with van der Waals surface area (Å²) in [5.41, 5.74) is 3.91. The Hall–Kier alpha value is -3.52. The molecule has 0 amide bonds. The third-order valence-electron chi connectivity index (χ3n) is 4.66. The van der Waals surface area contributed by atoms with Crippen molar-refractivity contribution >= 4 is 23.6 Å². The first-order valence-electron chi connectivity index (χ1n) is 9.30. The minimum absolute atomic E-state index is 0.00962. The van der Waals surface area contributed by atoms with E-state index in [4.69, 9.17) is 10.4 Å². The molecule has 0 saturated carbocycles. The first kappa shape index (κ1) is 21.8. The molecule has 29 heavy (non-hydrogen) atoms. The second kappa shape index (κ2) is 10.1. The number of hydrogen-bond donors (Lipinski definition) is 1. The van der Waals surface area contributed by atoms with Crippen LogP contribution in [0.4, 0.5) is 0 Å². The number of carbonyl (C=O) groups excluding carboxylic acids is 2. The van der Waals surface area contributed by atoms with Crippen LogP contribution in [0.3, 0.4) is 0 Å². The second-order valence-corrected chi connectivity index (χ2v) is 7.06. The van der Waals surface area contributed by atoms with Gasteiger partial charge in [-0.2, -0.15) is 5.26 Å². The molecule has 2 aromatic rings. The number of ketones is 2. The molecule has 1 atom stereocenters. The Balaban J connectivity index is 2.01. The largest absolute Gasteiger partial charge is 0.481 e. The third kappa shape index (κ3) is 6.54. The maximum absolute atomic E-state index is 12.5. The first-order chi connectivity index (χ1) is 13.8. The summed E-state index contributed by atoms with van der Waals surface area (Å²) in [6.45, 7) is 3.78. The number of hydrogen-bond acceptors (Lipinski definition) is 4. The molecule has 0 aliphatic rings. The summed E-state index contributed by atoms with van der Waals surface area (Å²) < 4.78 is 0. The SMILES string of the molecule is C/C(=C\c1ccc(C)cc1)C(=O)Cc1ccc(C(=O)C[C@@H](CC#N)C(=O)O)cc1. The fourth-order valence-electron chi connectivity index (χ4n) is 2.83. The zero-order chi connectivity index (χ0) is 21.4. The van der Waals surface area contributed by atoms with Crippen LogP contribution in [-0.2, 0) is 16.0 Å². The zero-order valence-corrected chi connectivity index (χ0v) is 16.5. The maximum atomic E-state index is 12.5. The summed E-state index contributed by atoms with van der Waals surface area (Å²) in [6.07, 6.45) is 1.63. The highest BCUT2D eigenvalue weighted by Crippen LogP contribution is 2.16. The van der Waals surface area contributed by atoms with Gasteiger partial charge in [-0.1, -0.05) is 54.1 Å². The molecule has 0 bridgehead atoms. The van der Waals surface area contributed by atoms with Gasteiger partial charge < -0.3 is 5.11 Å². The Bertz CT molecular complexity index is 963. The molecular formula is C24H23NO4. The molecule has 2 rings (SSSR count). The highest BCUT2D eigenvalue weighted by atomic mass is 16.4. The van der Waals surface area contributed by atoms with E-state index in [9.17, 15) is 14.4 Å². The molecule has 0 saturated heterocycles. The predicted octanol–water partition coefficient (Wildman–Crippen LogP) is 4.40. The summed E-state index contributed by atoms with van der Waals surface area (Å²) in [7, 11) is 0. The van der Waals surface area contributed by atoms with Crippen LogP contribution >= 0.6 is 0 Å². The minimum Gasteiger partial charge on any atom is -0.481 e. The van der Waals surface area contributed by atoms with Gasteiger partial charge in [-0.3, -0.25) is 14.4 Å². The van der Waals surface area contributed by atoms with E-state index < -0.39 is 11.9 Å². The van der Waals surface area contributed by atoms with Gasteiger partial charge in [0.1, 0.15) is 0 Å². The molecular weight excluding hydrogens is 366 g/mol. The number of aryl methyl sites for hydroxylation is 1. The summed E-state index contributed by atoms with van der Waals surface area (Å²) in [6, 6.07) is 16.3. The molecule has 0 fully saturated rings. The number of rotatable bonds is 9. The summed E-state index contributed by atoms with van der Waals surface area (Å²) in [4.78, 5) is 35.8. The van der Waals surface area contributed by atoms with Crippen molar-refractivity contribution in [1.82, 2.24) is 0 Å². The van der Waals surface area contributed by atoms with Crippen molar-refractivity contribution in [3.63, 3.8) is 0 Å². The van der Waals surface area contributed by atoms with Crippen LogP contribution < -0.4 is 0 Å². The number of nitriles is 1. The van der Waals surface area contributed by atoms with Crippen molar-refractivity contribution in [1.29, 1.82) is 5.26 Å². The summed E-state index contributed by atoms with van der Waals surface area (Å²) in [5.74, 6) is -2.51. The molecule has 0 heterocycles. The van der Waals surface area contributed by atoms with Gasteiger partial charge in [-0.05, 0) is 36.6 Å². The highest BCUT2D eigenvalue weighted by Gasteiger charge is 2.21. The average molecular weight is 389 g/mol. The number of allylic oxidation sites excluding steroid dienone is 1. The lowest BCUT2D eigenvalue weighted by molar-refractivity contribution is -0.141. The first-order valence-corrected chi connectivity index (χ1v) is 9.30. The highest BCUT2D eigenvalue weighted by molar-refractivity contribution is 6.00. The van der Waals surface area contributed by atoms with Crippen molar-refractivity contribution < 1.29 is 19.5 Å². The lowest BCUT2D eigenvalue weighted by Gasteiger charge is -2.08. The van der Waals surface area contributed by atoms with Crippen LogP contribution in [0, 0.1) is 24.2 Å². The molecule has 5 nitrogen and oxygen atoms in total. The molecule has 5 heteroatoms. The van der Waals surface area contributed by atoms with Gasteiger partial charge in [-0.15, -0.1) is 0 Å². The number of Topliss-reactive ketones (excluding diaryl/α,β-unsaturated/α-hetero) is 2. The molecule has 0 aliphatic heterocycles. The average Bonchev–Trinajstić information content (AvgIpc) is 2.69. The van der Waals surface area contributed by atoms with Crippen LogP contribution in [0.1, 0.15) is 46.8 Å². The lowest BCUT2D eigenvalue weighted by atomic mass is 9.95. The van der Waals surface area contributed by atoms with E-state index in [0.29, 0.717) is 11.1 Å². The minimum atomic E-state index is -1.15. The number of aliphatic carboxylic acids is 1. The Morgan fingerprint density at radius 2 is 1.69 bits per heavy atom. The topological polar surface area (TPSA) is 95.2 Å². The summed E-state index contributed by atoms with van der Waals surface area (Å²) >= 11 is 0. The Morgan fingerprint density at radius 1 is 1.07 bits per heavy atom. The van der Waals surface area contributed by atoms with E-state index in [1.54, 1.807) is 37.3 Å². The lowest BCUT2D eigenvalue weighted by Crippen LogP contribution is -2.17. The van der Waals surface area contributed by atoms with Gasteiger partial charge >= 0.3 is 5.97 Å². The van der Waals surface area contributed by atoms with E-state index in [-0.39, 0.29) is 30.8 Å². The van der Waals surface area contributed by atoms with Gasteiger partial charge in [0.25, 0.3) is 0 Å². The standard InChI is InChI=1S/C24H23NO4/c1-16-3-5-18(6-4-16)13-17(2)22(26)14-19-7-9-20(10-8-19)23(27)15-21(11-12-25)24(28)29/h3-10,13,21H,11,14-15H2,1-2H3,(H,28,29)/b17-13+/t21-/m1/s1. The zero-order valence-electron chi connectivity index (χ0n) is 16.5. The van der Waals surface area contributed by atoms with Crippen LogP contribution in [0.5, 0.6) is 0 Å². The predicted molar refractivity (Wildman–Crippen MR) is 110 cm³/mol. The van der Waals surface area contributed by atoms with Gasteiger partial charge in [0.05, 0.1) is 12.0 Å². The van der Waals surface area contributed by atoms with Gasteiger partial charge in [0.15, 0.2) is 11.6 Å². The van der Waals surface area contributed by atoms with E-state index in [1.807, 2.05) is 37.3 Å². The van der Waals surface area contributed by atoms with Crippen molar-refractivity contribution in [2.24, 2.45) is 5.92 Å². The van der Waals surface area contributed by atoms with E-state index in [0.717, 1.165) is 16.7 Å². The monoisotopic (exact) mass is 389 g/mol. The molecule has 2 aromatic carbocycles. The molecule has 0 spiro atoms. The van der Waals surface area contributed by atoms with E-state index in [1.165, 1.54) is 0 Å². The smallest absolute Gasteiger partial charge is 0.308 e. The van der Waals surface area contributed by atoms with Crippen molar-refractivity contribution in [2.75, 3.05) is 0 Å². The number of benzene rings is 2. The fourth-order valence-corrected chi connectivity index (χ4v) is 2.83. The molecule has 1 N–H and O–H groups in total. The molecule has 0 aliphatic carbocycles. The normalized spacial score (nSPS) is 12.1. The van der Waals surface area contributed by atoms with Crippen LogP contribution in [0.25, 0.3) is 6.08 Å². The Labute approximate surface area is 170 Å². The number of nitrogens with zero attached hydrogens (tertiary/aromatic N) is 1. The molecule has 148 valence electrons. The Morgan fingerprint density at radius 3 is 2.24 bits per heavy atom. The quantitative estimate of drug-likeness (QED) is 0.507. The van der Waals surface area contributed by atoms with Gasteiger partial charge in [0.2, 0.25) is 0 Å². The molecule has 0 unspecified atom stereocenters. The fraction of sp³-hybridized carbons (Fsp3) is 0.250. The number of carbonyl (C=O) groups is 3. The van der Waals surface area contributed by atoms with Crippen LogP contribution in [0.15, 0.2) is 54.1 Å². The molecule has 0 aromatic heterocycles. The maximum Gasteiger partial charge on any atom is 0.308 e. The van der Waals surface area contributed by atoms with Crippen molar-refractivity contribution in [2.45, 2.75) is 33.1 Å². The van der Waals surface area contributed by atoms with E-state index in [2.05, 4.69) is 0 Å². The Kier molecular flexibility index (Phi) is 7.62. The number of carboxylic acid groups (broad SMARTS) is 1. The van der Waals surface area contributed by atoms with Crippen molar-refractivity contribution in [3.8, 4) is 6.07 Å². The van der Waals surface area contributed by atoms with Crippen LogP contribution in [-0.4, -0.2) is 22.6 Å². The van der Waals surface area contributed by atoms with Gasteiger partial charge in [-0.25, -0.2) is 0 Å². The third-order valence-corrected chi connectivity index (χ3v) is 4.66. The van der Waals surface area contributed by atoms with Crippen LogP contribution in [0.2, 0.25) is 0 Å². The number of carboxylic acids is 1. The molecule has 0 radical (unpaired) electrons.